The van der Waals surface area contributed by atoms with Crippen molar-refractivity contribution in [2.24, 2.45) is 11.7 Å². The number of piperidine rings is 1. The molecule has 1 aromatic rings. The highest BCUT2D eigenvalue weighted by Gasteiger charge is 2.20. The van der Waals surface area contributed by atoms with Crippen LogP contribution in [0.5, 0.6) is 0 Å². The molecular formula is C13H18N4. The van der Waals surface area contributed by atoms with Crippen LogP contribution in [0.15, 0.2) is 18.3 Å². The number of anilines is 1. The number of nitriles is 1. The molecule has 1 saturated heterocycles. The number of hydrogen-bond donors (Lipinski definition) is 1. The summed E-state index contributed by atoms with van der Waals surface area (Å²) >= 11 is 0. The van der Waals surface area contributed by atoms with Gasteiger partial charge in [0, 0.05) is 19.3 Å². The molecule has 4 nitrogen and oxygen atoms in total. The Bertz CT molecular complexity index is 408. The Morgan fingerprint density at radius 1 is 1.59 bits per heavy atom. The standard InChI is InChI=1S/C13H18N4/c14-5-3-11-2-1-7-17(10-11)13-8-12(9-15)4-6-16-13/h4,6,8,11H,1-3,5,7,10,14H2. The lowest BCUT2D eigenvalue weighted by Crippen LogP contribution is -2.36. The van der Waals surface area contributed by atoms with E-state index < -0.39 is 0 Å². The molecule has 2 N–H and O–H groups in total. The fourth-order valence-electron chi connectivity index (χ4n) is 2.41. The summed E-state index contributed by atoms with van der Waals surface area (Å²) in [6, 6.07) is 5.76. The molecule has 1 aliphatic rings. The molecule has 0 bridgehead atoms. The van der Waals surface area contributed by atoms with Crippen molar-refractivity contribution >= 4 is 5.82 Å². The molecule has 1 aliphatic heterocycles. The van der Waals surface area contributed by atoms with Crippen LogP contribution in [0.25, 0.3) is 0 Å². The van der Waals surface area contributed by atoms with Crippen LogP contribution in [-0.2, 0) is 0 Å². The van der Waals surface area contributed by atoms with Gasteiger partial charge in [-0.05, 0) is 43.9 Å². The zero-order valence-corrected chi connectivity index (χ0v) is 9.97. The number of hydrogen-bond acceptors (Lipinski definition) is 4. The molecule has 2 heterocycles. The van der Waals surface area contributed by atoms with E-state index in [-0.39, 0.29) is 0 Å². The summed E-state index contributed by atoms with van der Waals surface area (Å²) in [5.74, 6) is 1.59. The number of aromatic nitrogens is 1. The zero-order valence-electron chi connectivity index (χ0n) is 9.97. The van der Waals surface area contributed by atoms with E-state index in [1.165, 1.54) is 12.8 Å². The van der Waals surface area contributed by atoms with E-state index in [2.05, 4.69) is 16.0 Å². The smallest absolute Gasteiger partial charge is 0.129 e. The molecule has 0 spiro atoms. The van der Waals surface area contributed by atoms with Crippen LogP contribution in [-0.4, -0.2) is 24.6 Å². The maximum atomic E-state index is 8.88. The van der Waals surface area contributed by atoms with Crippen molar-refractivity contribution in [3.05, 3.63) is 23.9 Å². The molecule has 4 heteroatoms. The van der Waals surface area contributed by atoms with Crippen LogP contribution >= 0.6 is 0 Å². The lowest BCUT2D eigenvalue weighted by Gasteiger charge is -2.33. The van der Waals surface area contributed by atoms with Gasteiger partial charge in [0.2, 0.25) is 0 Å². The molecule has 0 aromatic carbocycles. The summed E-state index contributed by atoms with van der Waals surface area (Å²) < 4.78 is 0. The van der Waals surface area contributed by atoms with E-state index in [1.807, 2.05) is 6.07 Å². The van der Waals surface area contributed by atoms with E-state index in [4.69, 9.17) is 11.0 Å². The van der Waals surface area contributed by atoms with Gasteiger partial charge in [-0.25, -0.2) is 4.98 Å². The normalized spacial score (nSPS) is 20.0. The molecular weight excluding hydrogens is 212 g/mol. The summed E-state index contributed by atoms with van der Waals surface area (Å²) in [6.07, 6.45) is 5.23. The number of nitrogens with zero attached hydrogens (tertiary/aromatic N) is 3. The topological polar surface area (TPSA) is 65.9 Å². The highest BCUT2D eigenvalue weighted by atomic mass is 15.2. The van der Waals surface area contributed by atoms with Crippen molar-refractivity contribution in [3.8, 4) is 6.07 Å². The summed E-state index contributed by atoms with van der Waals surface area (Å²) in [5, 5.41) is 8.88. The molecule has 1 unspecified atom stereocenters. The summed E-state index contributed by atoms with van der Waals surface area (Å²) in [4.78, 5) is 6.62. The number of nitrogens with two attached hydrogens (primary N) is 1. The predicted octanol–water partition coefficient (Wildman–Crippen LogP) is 1.52. The van der Waals surface area contributed by atoms with Crippen molar-refractivity contribution in [3.63, 3.8) is 0 Å². The van der Waals surface area contributed by atoms with Gasteiger partial charge in [-0.15, -0.1) is 0 Å². The molecule has 0 aliphatic carbocycles. The van der Waals surface area contributed by atoms with Gasteiger partial charge in [-0.3, -0.25) is 0 Å². The minimum Gasteiger partial charge on any atom is -0.356 e. The molecule has 1 atom stereocenters. The van der Waals surface area contributed by atoms with E-state index in [9.17, 15) is 0 Å². The Morgan fingerprint density at radius 3 is 3.24 bits per heavy atom. The first-order valence-corrected chi connectivity index (χ1v) is 6.14. The van der Waals surface area contributed by atoms with Crippen molar-refractivity contribution in [1.82, 2.24) is 4.98 Å². The van der Waals surface area contributed by atoms with Crippen molar-refractivity contribution in [1.29, 1.82) is 5.26 Å². The fourth-order valence-corrected chi connectivity index (χ4v) is 2.41. The molecule has 17 heavy (non-hydrogen) atoms. The zero-order chi connectivity index (χ0) is 12.1. The van der Waals surface area contributed by atoms with Crippen molar-refractivity contribution < 1.29 is 0 Å². The maximum Gasteiger partial charge on any atom is 0.129 e. The molecule has 1 fully saturated rings. The van der Waals surface area contributed by atoms with E-state index in [0.29, 0.717) is 11.5 Å². The Labute approximate surface area is 102 Å². The third kappa shape index (κ3) is 2.95. The largest absolute Gasteiger partial charge is 0.356 e. The van der Waals surface area contributed by atoms with Gasteiger partial charge in [0.05, 0.1) is 11.6 Å². The quantitative estimate of drug-likeness (QED) is 0.855. The van der Waals surface area contributed by atoms with Gasteiger partial charge in [-0.2, -0.15) is 5.26 Å². The van der Waals surface area contributed by atoms with Crippen LogP contribution in [0, 0.1) is 17.2 Å². The second-order valence-corrected chi connectivity index (χ2v) is 4.55. The minimum atomic E-state index is 0.668. The molecule has 0 radical (unpaired) electrons. The van der Waals surface area contributed by atoms with E-state index in [1.54, 1.807) is 12.3 Å². The van der Waals surface area contributed by atoms with Crippen molar-refractivity contribution in [2.45, 2.75) is 19.3 Å². The third-order valence-electron chi connectivity index (χ3n) is 3.29. The average Bonchev–Trinajstić information content (AvgIpc) is 2.40. The Kier molecular flexibility index (Phi) is 3.94. The molecule has 2 rings (SSSR count). The average molecular weight is 230 g/mol. The first-order chi connectivity index (χ1) is 8.33. The Morgan fingerprint density at radius 2 is 2.47 bits per heavy atom. The summed E-state index contributed by atoms with van der Waals surface area (Å²) in [7, 11) is 0. The van der Waals surface area contributed by atoms with Crippen LogP contribution in [0.2, 0.25) is 0 Å². The summed E-state index contributed by atoms with van der Waals surface area (Å²) in [5.41, 5.74) is 6.29. The Hall–Kier alpha value is -1.60. The first kappa shape index (κ1) is 11.9. The molecule has 0 amide bonds. The number of rotatable bonds is 3. The van der Waals surface area contributed by atoms with Gasteiger partial charge in [-0.1, -0.05) is 0 Å². The van der Waals surface area contributed by atoms with Gasteiger partial charge < -0.3 is 10.6 Å². The molecule has 1 aromatic heterocycles. The first-order valence-electron chi connectivity index (χ1n) is 6.14. The van der Waals surface area contributed by atoms with Gasteiger partial charge >= 0.3 is 0 Å². The number of pyridine rings is 1. The Balaban J connectivity index is 2.08. The van der Waals surface area contributed by atoms with Crippen LogP contribution in [0.1, 0.15) is 24.8 Å². The monoisotopic (exact) mass is 230 g/mol. The molecule has 90 valence electrons. The molecule has 0 saturated carbocycles. The highest BCUT2D eigenvalue weighted by Crippen LogP contribution is 2.23. The lowest BCUT2D eigenvalue weighted by atomic mass is 9.95. The van der Waals surface area contributed by atoms with Gasteiger partial charge in [0.1, 0.15) is 5.82 Å². The second kappa shape index (κ2) is 5.65. The third-order valence-corrected chi connectivity index (χ3v) is 3.29. The van der Waals surface area contributed by atoms with Crippen LogP contribution in [0.3, 0.4) is 0 Å². The highest BCUT2D eigenvalue weighted by molar-refractivity contribution is 5.45. The van der Waals surface area contributed by atoms with Crippen molar-refractivity contribution in [2.75, 3.05) is 24.5 Å². The van der Waals surface area contributed by atoms with Gasteiger partial charge in [0.15, 0.2) is 0 Å². The maximum absolute atomic E-state index is 8.88. The van der Waals surface area contributed by atoms with E-state index in [0.717, 1.165) is 31.9 Å². The van der Waals surface area contributed by atoms with Crippen LogP contribution in [0.4, 0.5) is 5.82 Å². The SMILES string of the molecule is N#Cc1ccnc(N2CCCC(CCN)C2)c1. The van der Waals surface area contributed by atoms with Gasteiger partial charge in [0.25, 0.3) is 0 Å². The summed E-state index contributed by atoms with van der Waals surface area (Å²) in [6.45, 7) is 2.80. The predicted molar refractivity (Wildman–Crippen MR) is 67.6 cm³/mol. The van der Waals surface area contributed by atoms with E-state index >= 15 is 0 Å². The van der Waals surface area contributed by atoms with Crippen LogP contribution < -0.4 is 10.6 Å². The lowest BCUT2D eigenvalue weighted by molar-refractivity contribution is 0.394. The fraction of sp³-hybridized carbons (Fsp3) is 0.538. The second-order valence-electron chi connectivity index (χ2n) is 4.55. The minimum absolute atomic E-state index is 0.668.